The summed E-state index contributed by atoms with van der Waals surface area (Å²) in [7, 11) is 0. The van der Waals surface area contributed by atoms with E-state index in [1.54, 1.807) is 0 Å². The van der Waals surface area contributed by atoms with E-state index in [0.29, 0.717) is 5.92 Å². The minimum absolute atomic E-state index is 0.394. The molecule has 0 aliphatic heterocycles. The average molecular weight is 282 g/mol. The maximum Gasteiger partial charge on any atom is 0.130 e. The summed E-state index contributed by atoms with van der Waals surface area (Å²) in [6, 6.07) is 4.12. The summed E-state index contributed by atoms with van der Waals surface area (Å²) in [5.74, 6) is 3.41. The van der Waals surface area contributed by atoms with Crippen molar-refractivity contribution in [2.75, 3.05) is 5.32 Å². The molecule has 0 radical (unpaired) electrons. The van der Waals surface area contributed by atoms with Gasteiger partial charge in [-0.3, -0.25) is 0 Å². The Morgan fingerprint density at radius 2 is 2.14 bits per heavy atom. The monoisotopic (exact) mass is 282 g/mol. The lowest BCUT2D eigenvalue weighted by Crippen LogP contribution is -2.05. The first-order valence-electron chi connectivity index (χ1n) is 7.59. The van der Waals surface area contributed by atoms with Crippen LogP contribution in [0.4, 0.5) is 5.82 Å². The van der Waals surface area contributed by atoms with Crippen LogP contribution in [0.2, 0.25) is 0 Å². The maximum atomic E-state index is 5.88. The number of fused-ring (bicyclic) bond motifs is 1. The smallest absolute Gasteiger partial charge is 0.130 e. The summed E-state index contributed by atoms with van der Waals surface area (Å²) in [6.45, 7) is 10.3. The number of nitrogens with one attached hydrogen (secondary N) is 1. The van der Waals surface area contributed by atoms with Gasteiger partial charge in [-0.25, -0.2) is 4.98 Å². The summed E-state index contributed by atoms with van der Waals surface area (Å²) >= 11 is 0. The highest BCUT2D eigenvalue weighted by atomic mass is 16.3. The normalized spacial score (nSPS) is 13.5. The number of rotatable bonds is 4. The third kappa shape index (κ3) is 2.60. The van der Waals surface area contributed by atoms with Crippen LogP contribution in [0.1, 0.15) is 37.4 Å². The number of aromatic nitrogens is 1. The van der Waals surface area contributed by atoms with E-state index in [0.717, 1.165) is 41.4 Å². The molecule has 3 nitrogen and oxygen atoms in total. The molecule has 0 atom stereocenters. The summed E-state index contributed by atoms with van der Waals surface area (Å²) in [6.07, 6.45) is 5.30. The lowest BCUT2D eigenvalue weighted by molar-refractivity contribution is 0.489. The number of hydrogen-bond donors (Lipinski definition) is 1. The maximum absolute atomic E-state index is 5.88. The van der Waals surface area contributed by atoms with Crippen molar-refractivity contribution in [2.24, 2.45) is 5.92 Å². The zero-order chi connectivity index (χ0) is 15.0. The van der Waals surface area contributed by atoms with Crippen LogP contribution >= 0.6 is 0 Å². The molecule has 0 saturated heterocycles. The minimum Gasteiger partial charge on any atom is -0.465 e. The Morgan fingerprint density at radius 1 is 1.33 bits per heavy atom. The molecule has 0 bridgehead atoms. The quantitative estimate of drug-likeness (QED) is 0.881. The van der Waals surface area contributed by atoms with Crippen LogP contribution in [0.25, 0.3) is 11.1 Å². The Hall–Kier alpha value is -2.03. The molecule has 2 aromatic rings. The van der Waals surface area contributed by atoms with E-state index >= 15 is 0 Å². The Kier molecular flexibility index (Phi) is 3.58. The van der Waals surface area contributed by atoms with Crippen molar-refractivity contribution < 1.29 is 4.42 Å². The first kappa shape index (κ1) is 13.9. The third-order valence-corrected chi connectivity index (χ3v) is 4.14. The molecule has 2 heterocycles. The summed E-state index contributed by atoms with van der Waals surface area (Å²) in [5, 5.41) is 3.25. The Bertz CT molecular complexity index is 665. The van der Waals surface area contributed by atoms with Gasteiger partial charge in [-0.1, -0.05) is 20.4 Å². The predicted octanol–water partition coefficient (Wildman–Crippen LogP) is 4.72. The van der Waals surface area contributed by atoms with E-state index < -0.39 is 0 Å². The van der Waals surface area contributed by atoms with Crippen molar-refractivity contribution in [3.05, 3.63) is 47.7 Å². The molecule has 1 aliphatic carbocycles. The van der Waals surface area contributed by atoms with Crippen LogP contribution in [-0.2, 0) is 12.8 Å². The SMILES string of the molecule is C=C(Nc1ccc(-c2c(C)oc3c2CCC3)cn1)C(C)C. The van der Waals surface area contributed by atoms with Gasteiger partial charge in [0.25, 0.3) is 0 Å². The van der Waals surface area contributed by atoms with E-state index in [9.17, 15) is 0 Å². The van der Waals surface area contributed by atoms with Gasteiger partial charge in [0.15, 0.2) is 0 Å². The molecule has 0 fully saturated rings. The van der Waals surface area contributed by atoms with Crippen LogP contribution in [0, 0.1) is 12.8 Å². The van der Waals surface area contributed by atoms with Crippen LogP contribution in [0.15, 0.2) is 35.0 Å². The molecule has 3 heteroatoms. The molecule has 0 amide bonds. The molecule has 1 N–H and O–H groups in total. The van der Waals surface area contributed by atoms with Gasteiger partial charge in [-0.15, -0.1) is 0 Å². The van der Waals surface area contributed by atoms with Crippen molar-refractivity contribution in [1.29, 1.82) is 0 Å². The van der Waals surface area contributed by atoms with E-state index in [2.05, 4.69) is 36.8 Å². The van der Waals surface area contributed by atoms with Gasteiger partial charge in [0.2, 0.25) is 0 Å². The molecule has 3 rings (SSSR count). The highest BCUT2D eigenvalue weighted by Gasteiger charge is 2.23. The van der Waals surface area contributed by atoms with Gasteiger partial charge in [-0.05, 0) is 37.8 Å². The Balaban J connectivity index is 1.86. The third-order valence-electron chi connectivity index (χ3n) is 4.14. The van der Waals surface area contributed by atoms with Gasteiger partial charge >= 0.3 is 0 Å². The van der Waals surface area contributed by atoms with E-state index in [4.69, 9.17) is 4.42 Å². The fourth-order valence-corrected chi connectivity index (χ4v) is 2.84. The Labute approximate surface area is 126 Å². The molecule has 0 aromatic carbocycles. The number of aryl methyl sites for hydroxylation is 2. The zero-order valence-corrected chi connectivity index (χ0v) is 13.0. The zero-order valence-electron chi connectivity index (χ0n) is 13.0. The van der Waals surface area contributed by atoms with Crippen molar-refractivity contribution in [2.45, 2.75) is 40.0 Å². The van der Waals surface area contributed by atoms with E-state index in [-0.39, 0.29) is 0 Å². The number of pyridine rings is 1. The van der Waals surface area contributed by atoms with Crippen molar-refractivity contribution in [1.82, 2.24) is 4.98 Å². The number of allylic oxidation sites excluding steroid dienone is 1. The number of anilines is 1. The molecule has 21 heavy (non-hydrogen) atoms. The van der Waals surface area contributed by atoms with E-state index in [1.807, 2.05) is 19.2 Å². The average Bonchev–Trinajstić information content (AvgIpc) is 2.99. The summed E-state index contributed by atoms with van der Waals surface area (Å²) < 4.78 is 5.88. The fraction of sp³-hybridized carbons (Fsp3) is 0.389. The van der Waals surface area contributed by atoms with Crippen LogP contribution in [0.5, 0.6) is 0 Å². The molecular weight excluding hydrogens is 260 g/mol. The largest absolute Gasteiger partial charge is 0.465 e. The first-order chi connectivity index (χ1) is 10.1. The highest BCUT2D eigenvalue weighted by molar-refractivity contribution is 5.71. The number of hydrogen-bond acceptors (Lipinski definition) is 3. The van der Waals surface area contributed by atoms with Gasteiger partial charge in [0.05, 0.1) is 0 Å². The van der Waals surface area contributed by atoms with Crippen LogP contribution < -0.4 is 5.32 Å². The fourth-order valence-electron chi connectivity index (χ4n) is 2.84. The standard InChI is InChI=1S/C18H22N2O/c1-11(2)12(3)20-17-9-8-14(10-19-17)18-13(4)21-16-7-5-6-15(16)18/h8-11H,3,5-7H2,1-2,4H3,(H,19,20). The highest BCUT2D eigenvalue weighted by Crippen LogP contribution is 2.37. The molecule has 110 valence electrons. The van der Waals surface area contributed by atoms with Crippen LogP contribution in [0.3, 0.4) is 0 Å². The van der Waals surface area contributed by atoms with E-state index in [1.165, 1.54) is 17.5 Å². The van der Waals surface area contributed by atoms with Gasteiger partial charge in [-0.2, -0.15) is 0 Å². The topological polar surface area (TPSA) is 38.1 Å². The van der Waals surface area contributed by atoms with Crippen molar-refractivity contribution in [3.63, 3.8) is 0 Å². The molecule has 1 aliphatic rings. The van der Waals surface area contributed by atoms with Gasteiger partial charge in [0.1, 0.15) is 17.3 Å². The van der Waals surface area contributed by atoms with Gasteiger partial charge in [0, 0.05) is 35.0 Å². The summed E-state index contributed by atoms with van der Waals surface area (Å²) in [4.78, 5) is 4.51. The second-order valence-electron chi connectivity index (χ2n) is 6.03. The second kappa shape index (κ2) is 5.40. The molecular formula is C18H22N2O. The van der Waals surface area contributed by atoms with Crippen molar-refractivity contribution in [3.8, 4) is 11.1 Å². The second-order valence-corrected chi connectivity index (χ2v) is 6.03. The summed E-state index contributed by atoms with van der Waals surface area (Å²) in [5.41, 5.74) is 4.74. The molecule has 0 spiro atoms. The first-order valence-corrected chi connectivity index (χ1v) is 7.59. The Morgan fingerprint density at radius 3 is 2.81 bits per heavy atom. The van der Waals surface area contributed by atoms with Crippen molar-refractivity contribution >= 4 is 5.82 Å². The molecule has 0 unspecified atom stereocenters. The lowest BCUT2D eigenvalue weighted by Gasteiger charge is -2.12. The van der Waals surface area contributed by atoms with Crippen LogP contribution in [-0.4, -0.2) is 4.98 Å². The number of nitrogens with zero attached hydrogens (tertiary/aromatic N) is 1. The lowest BCUT2D eigenvalue weighted by atomic mass is 10.0. The number of furan rings is 1. The van der Waals surface area contributed by atoms with Gasteiger partial charge < -0.3 is 9.73 Å². The predicted molar refractivity (Wildman–Crippen MR) is 86.3 cm³/mol. The molecule has 0 saturated carbocycles. The molecule has 2 aromatic heterocycles. The minimum atomic E-state index is 0.394.